The molecule has 0 atom stereocenters. The smallest absolute Gasteiger partial charge is 0.163 e. The number of anilines is 1. The first-order valence-corrected chi connectivity index (χ1v) is 7.06. The first kappa shape index (κ1) is 13.5. The summed E-state index contributed by atoms with van der Waals surface area (Å²) in [6.45, 7) is 3.93. The first-order valence-electron chi connectivity index (χ1n) is 7.06. The molecule has 6 heteroatoms. The van der Waals surface area contributed by atoms with Gasteiger partial charge in [0, 0.05) is 32.5 Å². The third kappa shape index (κ3) is 2.69. The molecule has 0 spiro atoms. The van der Waals surface area contributed by atoms with Gasteiger partial charge in [-0.05, 0) is 31.0 Å². The molecule has 0 radical (unpaired) electrons. The van der Waals surface area contributed by atoms with Crippen LogP contribution in [0, 0.1) is 0 Å². The molecule has 0 unspecified atom stereocenters. The average molecular weight is 282 g/mol. The normalized spacial score (nSPS) is 11.0. The van der Waals surface area contributed by atoms with Crippen LogP contribution in [-0.4, -0.2) is 37.8 Å². The van der Waals surface area contributed by atoms with Gasteiger partial charge in [0.15, 0.2) is 5.65 Å². The molecule has 0 aliphatic carbocycles. The second-order valence-corrected chi connectivity index (χ2v) is 4.89. The van der Waals surface area contributed by atoms with Gasteiger partial charge in [-0.2, -0.15) is 5.10 Å². The highest BCUT2D eigenvalue weighted by Gasteiger charge is 2.13. The minimum atomic E-state index is 0.863. The van der Waals surface area contributed by atoms with Gasteiger partial charge in [-0.15, -0.1) is 0 Å². The summed E-state index contributed by atoms with van der Waals surface area (Å²) in [7, 11) is 1.90. The van der Waals surface area contributed by atoms with Gasteiger partial charge < -0.3 is 4.90 Å². The lowest BCUT2D eigenvalue weighted by molar-refractivity contribution is 0.781. The number of nitrogens with zero attached hydrogens (tertiary/aromatic N) is 6. The van der Waals surface area contributed by atoms with Crippen molar-refractivity contribution in [2.45, 2.75) is 13.3 Å². The van der Waals surface area contributed by atoms with E-state index in [1.165, 1.54) is 5.56 Å². The Hall–Kier alpha value is -2.50. The van der Waals surface area contributed by atoms with Crippen LogP contribution >= 0.6 is 0 Å². The van der Waals surface area contributed by atoms with E-state index in [1.807, 2.05) is 37.8 Å². The van der Waals surface area contributed by atoms with Gasteiger partial charge in [0.05, 0.1) is 11.6 Å². The SMILES string of the molecule is CCN(CCc1ccncc1)c1ncnc2c1cnn2C. The lowest BCUT2D eigenvalue weighted by atomic mass is 10.2. The summed E-state index contributed by atoms with van der Waals surface area (Å²) in [5.74, 6) is 0.949. The Labute approximate surface area is 123 Å². The van der Waals surface area contributed by atoms with Gasteiger partial charge in [-0.25, -0.2) is 9.97 Å². The Morgan fingerprint density at radius 1 is 1.19 bits per heavy atom. The third-order valence-electron chi connectivity index (χ3n) is 3.61. The van der Waals surface area contributed by atoms with E-state index in [-0.39, 0.29) is 0 Å². The van der Waals surface area contributed by atoms with Crippen LogP contribution in [0.2, 0.25) is 0 Å². The number of fused-ring (bicyclic) bond motifs is 1. The summed E-state index contributed by atoms with van der Waals surface area (Å²) in [5, 5.41) is 5.27. The largest absolute Gasteiger partial charge is 0.356 e. The zero-order valence-corrected chi connectivity index (χ0v) is 12.3. The lowest BCUT2D eigenvalue weighted by Crippen LogP contribution is -2.26. The fourth-order valence-electron chi connectivity index (χ4n) is 2.43. The van der Waals surface area contributed by atoms with E-state index < -0.39 is 0 Å². The van der Waals surface area contributed by atoms with Crippen LogP contribution in [-0.2, 0) is 13.5 Å². The quantitative estimate of drug-likeness (QED) is 0.714. The van der Waals surface area contributed by atoms with E-state index in [0.29, 0.717) is 0 Å². The molecule has 0 fully saturated rings. The highest BCUT2D eigenvalue weighted by molar-refractivity contribution is 5.86. The number of hydrogen-bond acceptors (Lipinski definition) is 5. The molecule has 0 N–H and O–H groups in total. The minimum Gasteiger partial charge on any atom is -0.356 e. The Morgan fingerprint density at radius 3 is 2.76 bits per heavy atom. The summed E-state index contributed by atoms with van der Waals surface area (Å²) in [6, 6.07) is 4.10. The van der Waals surface area contributed by atoms with E-state index in [9.17, 15) is 0 Å². The molecular formula is C15H18N6. The number of hydrogen-bond donors (Lipinski definition) is 0. The van der Waals surface area contributed by atoms with Crippen LogP contribution in [0.1, 0.15) is 12.5 Å². The first-order chi connectivity index (χ1) is 10.3. The number of rotatable bonds is 5. The van der Waals surface area contributed by atoms with Gasteiger partial charge in [0.1, 0.15) is 12.1 Å². The number of aryl methyl sites for hydroxylation is 1. The molecule has 3 aromatic rings. The minimum absolute atomic E-state index is 0.863. The van der Waals surface area contributed by atoms with Gasteiger partial charge in [-0.3, -0.25) is 9.67 Å². The molecule has 0 aliphatic heterocycles. The summed E-state index contributed by atoms with van der Waals surface area (Å²) in [5.41, 5.74) is 2.14. The highest BCUT2D eigenvalue weighted by atomic mass is 15.3. The zero-order chi connectivity index (χ0) is 14.7. The molecule has 0 aromatic carbocycles. The van der Waals surface area contributed by atoms with Crippen molar-refractivity contribution in [3.8, 4) is 0 Å². The molecule has 0 saturated heterocycles. The molecule has 108 valence electrons. The second-order valence-electron chi connectivity index (χ2n) is 4.89. The van der Waals surface area contributed by atoms with Gasteiger partial charge in [0.25, 0.3) is 0 Å². The lowest BCUT2D eigenvalue weighted by Gasteiger charge is -2.22. The highest BCUT2D eigenvalue weighted by Crippen LogP contribution is 2.22. The van der Waals surface area contributed by atoms with Crippen molar-refractivity contribution in [2.75, 3.05) is 18.0 Å². The molecule has 0 amide bonds. The van der Waals surface area contributed by atoms with E-state index >= 15 is 0 Å². The maximum atomic E-state index is 4.45. The standard InChI is InChI=1S/C15H18N6/c1-3-21(9-6-12-4-7-16-8-5-12)15-13-10-19-20(2)14(13)17-11-18-15/h4-5,7-8,10-11H,3,6,9H2,1-2H3. The Balaban J connectivity index is 1.85. The molecule has 0 bridgehead atoms. The van der Waals surface area contributed by atoms with Gasteiger partial charge in [-0.1, -0.05) is 0 Å². The average Bonchev–Trinajstić information content (AvgIpc) is 2.91. The van der Waals surface area contributed by atoms with Crippen molar-refractivity contribution >= 4 is 16.9 Å². The van der Waals surface area contributed by atoms with Crippen molar-refractivity contribution in [2.24, 2.45) is 7.05 Å². The second kappa shape index (κ2) is 5.87. The van der Waals surface area contributed by atoms with E-state index in [0.717, 1.165) is 36.4 Å². The van der Waals surface area contributed by atoms with Crippen molar-refractivity contribution < 1.29 is 0 Å². The molecule has 21 heavy (non-hydrogen) atoms. The monoisotopic (exact) mass is 282 g/mol. The van der Waals surface area contributed by atoms with E-state index in [1.54, 1.807) is 11.0 Å². The Kier molecular flexibility index (Phi) is 3.77. The third-order valence-corrected chi connectivity index (χ3v) is 3.61. The van der Waals surface area contributed by atoms with Crippen LogP contribution < -0.4 is 4.90 Å². The maximum absolute atomic E-state index is 4.45. The number of likely N-dealkylation sites (N-methyl/N-ethyl adjacent to an activating group) is 1. The van der Waals surface area contributed by atoms with E-state index in [2.05, 4.69) is 31.9 Å². The molecule has 6 nitrogen and oxygen atoms in total. The van der Waals surface area contributed by atoms with Crippen LogP contribution in [0.15, 0.2) is 37.1 Å². The van der Waals surface area contributed by atoms with E-state index in [4.69, 9.17) is 0 Å². The molecule has 0 aliphatic rings. The maximum Gasteiger partial charge on any atom is 0.163 e. The summed E-state index contributed by atoms with van der Waals surface area (Å²) in [4.78, 5) is 15.0. The summed E-state index contributed by atoms with van der Waals surface area (Å²) >= 11 is 0. The van der Waals surface area contributed by atoms with Crippen LogP contribution in [0.4, 0.5) is 5.82 Å². The van der Waals surface area contributed by atoms with Crippen molar-refractivity contribution in [1.82, 2.24) is 24.7 Å². The number of pyridine rings is 1. The van der Waals surface area contributed by atoms with Gasteiger partial charge >= 0.3 is 0 Å². The Morgan fingerprint density at radius 2 is 2.00 bits per heavy atom. The van der Waals surface area contributed by atoms with Crippen molar-refractivity contribution in [3.05, 3.63) is 42.6 Å². The number of aromatic nitrogens is 5. The molecule has 3 heterocycles. The molecule has 3 rings (SSSR count). The fraction of sp³-hybridized carbons (Fsp3) is 0.333. The molecule has 3 aromatic heterocycles. The predicted octanol–water partition coefficient (Wildman–Crippen LogP) is 1.83. The van der Waals surface area contributed by atoms with Crippen LogP contribution in [0.25, 0.3) is 11.0 Å². The predicted molar refractivity (Wildman–Crippen MR) is 82.1 cm³/mol. The van der Waals surface area contributed by atoms with Crippen molar-refractivity contribution in [1.29, 1.82) is 0 Å². The Bertz CT molecular complexity index is 721. The summed E-state index contributed by atoms with van der Waals surface area (Å²) in [6.07, 6.45) is 8.06. The molecule has 0 saturated carbocycles. The van der Waals surface area contributed by atoms with Crippen LogP contribution in [0.3, 0.4) is 0 Å². The van der Waals surface area contributed by atoms with Crippen molar-refractivity contribution in [3.63, 3.8) is 0 Å². The van der Waals surface area contributed by atoms with Crippen LogP contribution in [0.5, 0.6) is 0 Å². The zero-order valence-electron chi connectivity index (χ0n) is 12.3. The topological polar surface area (TPSA) is 59.7 Å². The fourth-order valence-corrected chi connectivity index (χ4v) is 2.43. The summed E-state index contributed by atoms with van der Waals surface area (Å²) < 4.78 is 1.78. The van der Waals surface area contributed by atoms with Gasteiger partial charge in [0.2, 0.25) is 0 Å². The molecular weight excluding hydrogens is 264 g/mol.